The van der Waals surface area contributed by atoms with Gasteiger partial charge in [0.15, 0.2) is 0 Å². The largest absolute Gasteiger partial charge is 0.393 e. The van der Waals surface area contributed by atoms with Crippen LogP contribution in [0.3, 0.4) is 0 Å². The Morgan fingerprint density at radius 3 is 2.67 bits per heavy atom. The van der Waals surface area contributed by atoms with Crippen molar-refractivity contribution in [3.05, 3.63) is 35.9 Å². The molecule has 3 atom stereocenters. The van der Waals surface area contributed by atoms with Gasteiger partial charge in [0, 0.05) is 6.54 Å². The van der Waals surface area contributed by atoms with Crippen LogP contribution in [0.25, 0.3) is 0 Å². The minimum atomic E-state index is -0.692. The van der Waals surface area contributed by atoms with E-state index in [9.17, 15) is 9.90 Å². The molecular formula is C14H16N2O2. The smallest absolute Gasteiger partial charge is 0.231 e. The van der Waals surface area contributed by atoms with E-state index in [-0.39, 0.29) is 18.4 Å². The van der Waals surface area contributed by atoms with Gasteiger partial charge in [-0.1, -0.05) is 30.3 Å². The normalized spacial score (nSPS) is 24.3. The molecule has 1 saturated heterocycles. The number of carbonyl (C=O) groups is 1. The molecule has 0 spiro atoms. The van der Waals surface area contributed by atoms with Crippen LogP contribution in [0.5, 0.6) is 0 Å². The Morgan fingerprint density at radius 2 is 2.11 bits per heavy atom. The molecule has 1 fully saturated rings. The predicted octanol–water partition coefficient (Wildman–Crippen LogP) is 1.31. The van der Waals surface area contributed by atoms with Crippen molar-refractivity contribution in [2.24, 2.45) is 5.92 Å². The van der Waals surface area contributed by atoms with Crippen molar-refractivity contribution in [1.29, 1.82) is 5.26 Å². The minimum Gasteiger partial charge on any atom is -0.393 e. The number of hydrogen-bond donors (Lipinski definition) is 1. The third-order valence-electron chi connectivity index (χ3n) is 3.40. The van der Waals surface area contributed by atoms with Gasteiger partial charge in [0.1, 0.15) is 0 Å². The van der Waals surface area contributed by atoms with Crippen molar-refractivity contribution in [2.45, 2.75) is 32.0 Å². The van der Waals surface area contributed by atoms with Gasteiger partial charge in [0.25, 0.3) is 0 Å². The maximum atomic E-state index is 11.9. The van der Waals surface area contributed by atoms with Crippen LogP contribution in [0.15, 0.2) is 30.3 Å². The predicted molar refractivity (Wildman–Crippen MR) is 66.2 cm³/mol. The number of β-lactam (4-membered cyclic amide) rings is 1. The number of nitriles is 1. The molecule has 18 heavy (non-hydrogen) atoms. The van der Waals surface area contributed by atoms with Gasteiger partial charge >= 0.3 is 0 Å². The molecule has 1 amide bonds. The van der Waals surface area contributed by atoms with Crippen molar-refractivity contribution in [2.75, 3.05) is 0 Å². The summed E-state index contributed by atoms with van der Waals surface area (Å²) in [5.41, 5.74) is 1.04. The molecule has 4 nitrogen and oxygen atoms in total. The molecular weight excluding hydrogens is 228 g/mol. The Bertz CT molecular complexity index is 464. The Kier molecular flexibility index (Phi) is 3.63. The van der Waals surface area contributed by atoms with Gasteiger partial charge in [0.05, 0.1) is 30.6 Å². The summed E-state index contributed by atoms with van der Waals surface area (Å²) in [6.07, 6.45) is -0.420. The molecule has 0 bridgehead atoms. The number of aliphatic hydroxyl groups is 1. The lowest BCUT2D eigenvalue weighted by atomic mass is 9.81. The maximum Gasteiger partial charge on any atom is 0.231 e. The molecule has 0 aliphatic carbocycles. The van der Waals surface area contributed by atoms with E-state index in [2.05, 4.69) is 6.07 Å². The summed E-state index contributed by atoms with van der Waals surface area (Å²) in [5, 5.41) is 18.4. The van der Waals surface area contributed by atoms with Crippen LogP contribution in [0.4, 0.5) is 0 Å². The fourth-order valence-corrected chi connectivity index (χ4v) is 2.47. The second kappa shape index (κ2) is 5.19. The number of likely N-dealkylation sites (tertiary alicyclic amines) is 1. The number of aliphatic hydroxyl groups excluding tert-OH is 1. The zero-order chi connectivity index (χ0) is 13.1. The maximum absolute atomic E-state index is 11.9. The lowest BCUT2D eigenvalue weighted by molar-refractivity contribution is -0.164. The van der Waals surface area contributed by atoms with E-state index in [1.165, 1.54) is 0 Å². The van der Waals surface area contributed by atoms with Gasteiger partial charge in [-0.05, 0) is 12.5 Å². The fraction of sp³-hybridized carbons (Fsp3) is 0.429. The van der Waals surface area contributed by atoms with E-state index in [1.807, 2.05) is 30.3 Å². The Labute approximate surface area is 106 Å². The zero-order valence-corrected chi connectivity index (χ0v) is 10.3. The molecule has 1 aromatic carbocycles. The van der Waals surface area contributed by atoms with E-state index >= 15 is 0 Å². The van der Waals surface area contributed by atoms with Crippen LogP contribution < -0.4 is 0 Å². The van der Waals surface area contributed by atoms with Crippen LogP contribution in [-0.2, 0) is 11.3 Å². The van der Waals surface area contributed by atoms with E-state index in [1.54, 1.807) is 11.8 Å². The topological polar surface area (TPSA) is 64.3 Å². The minimum absolute atomic E-state index is 0.0610. The van der Waals surface area contributed by atoms with Crippen molar-refractivity contribution >= 4 is 5.91 Å². The van der Waals surface area contributed by atoms with Crippen LogP contribution in [0, 0.1) is 17.2 Å². The van der Waals surface area contributed by atoms with Gasteiger partial charge < -0.3 is 10.0 Å². The molecule has 94 valence electrons. The lowest BCUT2D eigenvalue weighted by Crippen LogP contribution is -2.63. The van der Waals surface area contributed by atoms with E-state index in [0.717, 1.165) is 5.56 Å². The van der Waals surface area contributed by atoms with Crippen LogP contribution in [0.1, 0.15) is 18.9 Å². The molecule has 4 heteroatoms. The third-order valence-corrected chi connectivity index (χ3v) is 3.40. The highest BCUT2D eigenvalue weighted by molar-refractivity contribution is 5.86. The van der Waals surface area contributed by atoms with Crippen molar-refractivity contribution in [1.82, 2.24) is 4.90 Å². The zero-order valence-electron chi connectivity index (χ0n) is 10.3. The number of nitrogens with zero attached hydrogens (tertiary/aromatic N) is 2. The summed E-state index contributed by atoms with van der Waals surface area (Å²) in [6.45, 7) is 2.11. The molecule has 0 saturated carbocycles. The molecule has 2 rings (SSSR count). The first-order chi connectivity index (χ1) is 8.65. The second-order valence-corrected chi connectivity index (χ2v) is 4.65. The Balaban J connectivity index is 2.09. The molecule has 3 unspecified atom stereocenters. The fourth-order valence-electron chi connectivity index (χ4n) is 2.47. The van der Waals surface area contributed by atoms with Crippen molar-refractivity contribution in [3.8, 4) is 6.07 Å². The van der Waals surface area contributed by atoms with Gasteiger partial charge in [0.2, 0.25) is 5.91 Å². The summed E-state index contributed by atoms with van der Waals surface area (Å²) in [5.74, 6) is -0.484. The quantitative estimate of drug-likeness (QED) is 0.812. The van der Waals surface area contributed by atoms with Gasteiger partial charge in [-0.2, -0.15) is 5.26 Å². The number of amides is 1. The van der Waals surface area contributed by atoms with Crippen LogP contribution >= 0.6 is 0 Å². The number of benzene rings is 1. The van der Waals surface area contributed by atoms with Gasteiger partial charge in [-0.25, -0.2) is 0 Å². The van der Waals surface area contributed by atoms with Gasteiger partial charge in [-0.15, -0.1) is 0 Å². The first-order valence-electron chi connectivity index (χ1n) is 6.04. The number of rotatable bonds is 4. The first kappa shape index (κ1) is 12.6. The highest BCUT2D eigenvalue weighted by Gasteiger charge is 2.49. The Hall–Kier alpha value is -1.86. The SMILES string of the molecule is CC(O)C1C(=O)N(Cc2ccccc2)C1CC#N. The summed E-state index contributed by atoms with van der Waals surface area (Å²) in [7, 11) is 0. The molecule has 0 aromatic heterocycles. The molecule has 1 aliphatic rings. The first-order valence-corrected chi connectivity index (χ1v) is 6.04. The highest BCUT2D eigenvalue weighted by atomic mass is 16.3. The van der Waals surface area contributed by atoms with E-state index in [0.29, 0.717) is 6.54 Å². The molecule has 1 heterocycles. The average molecular weight is 244 g/mol. The van der Waals surface area contributed by atoms with E-state index < -0.39 is 12.0 Å². The monoisotopic (exact) mass is 244 g/mol. The molecule has 1 aliphatic heterocycles. The highest BCUT2D eigenvalue weighted by Crippen LogP contribution is 2.33. The Morgan fingerprint density at radius 1 is 1.44 bits per heavy atom. The molecule has 1 aromatic rings. The molecule has 0 radical (unpaired) electrons. The van der Waals surface area contributed by atoms with Crippen molar-refractivity contribution < 1.29 is 9.90 Å². The van der Waals surface area contributed by atoms with Gasteiger partial charge in [-0.3, -0.25) is 4.79 Å². The van der Waals surface area contributed by atoms with Crippen LogP contribution in [-0.4, -0.2) is 28.1 Å². The lowest BCUT2D eigenvalue weighted by Gasteiger charge is -2.47. The van der Waals surface area contributed by atoms with Crippen molar-refractivity contribution in [3.63, 3.8) is 0 Å². The second-order valence-electron chi connectivity index (χ2n) is 4.65. The summed E-state index contributed by atoms with van der Waals surface area (Å²) < 4.78 is 0. The summed E-state index contributed by atoms with van der Waals surface area (Å²) >= 11 is 0. The number of carbonyl (C=O) groups excluding carboxylic acids is 1. The third kappa shape index (κ3) is 2.22. The summed E-state index contributed by atoms with van der Waals surface area (Å²) in [4.78, 5) is 13.6. The molecule has 1 N–H and O–H groups in total. The van der Waals surface area contributed by atoms with Crippen LogP contribution in [0.2, 0.25) is 0 Å². The summed E-state index contributed by atoms with van der Waals surface area (Å²) in [6, 6.07) is 11.6. The number of hydrogen-bond acceptors (Lipinski definition) is 3. The standard InChI is InChI=1S/C14H16N2O2/c1-10(17)13-12(7-8-15)16(14(13)18)9-11-5-3-2-4-6-11/h2-6,10,12-13,17H,7,9H2,1H3. The average Bonchev–Trinajstić information content (AvgIpc) is 2.36. The van der Waals surface area contributed by atoms with E-state index in [4.69, 9.17) is 5.26 Å².